The predicted octanol–water partition coefficient (Wildman–Crippen LogP) is 5.78. The summed E-state index contributed by atoms with van der Waals surface area (Å²) in [5.41, 5.74) is 5.10. The summed E-state index contributed by atoms with van der Waals surface area (Å²) in [6, 6.07) is 22.7. The zero-order valence-corrected chi connectivity index (χ0v) is 17.6. The summed E-state index contributed by atoms with van der Waals surface area (Å²) >= 11 is 1.32. The molecule has 0 fully saturated rings. The van der Waals surface area contributed by atoms with Crippen LogP contribution in [0.2, 0.25) is 0 Å². The molecule has 1 N–H and O–H groups in total. The summed E-state index contributed by atoms with van der Waals surface area (Å²) in [5, 5.41) is 12.5. The molecule has 31 heavy (non-hydrogen) atoms. The van der Waals surface area contributed by atoms with Crippen LogP contribution in [0.3, 0.4) is 0 Å². The van der Waals surface area contributed by atoms with E-state index in [0.29, 0.717) is 28.0 Å². The Labute approximate surface area is 183 Å². The number of nitrogens with zero attached hydrogens (tertiary/aromatic N) is 3. The van der Waals surface area contributed by atoms with Crippen LogP contribution in [0, 0.1) is 12.7 Å². The minimum atomic E-state index is -0.427. The Morgan fingerprint density at radius 3 is 2.58 bits per heavy atom. The molecule has 5 nitrogen and oxygen atoms in total. The van der Waals surface area contributed by atoms with Crippen molar-refractivity contribution in [3.63, 3.8) is 0 Å². The number of aryl methyl sites for hydroxylation is 1. The Kier molecular flexibility index (Phi) is 5.26. The van der Waals surface area contributed by atoms with Crippen LogP contribution in [0.15, 0.2) is 78.0 Å². The van der Waals surface area contributed by atoms with Crippen molar-refractivity contribution < 1.29 is 9.13 Å². The molecule has 0 radical (unpaired) electrons. The van der Waals surface area contributed by atoms with Crippen molar-refractivity contribution in [1.82, 2.24) is 15.2 Å². The molecule has 5 rings (SSSR count). The quantitative estimate of drug-likeness (QED) is 0.414. The Bertz CT molecular complexity index is 1230. The van der Waals surface area contributed by atoms with E-state index in [9.17, 15) is 4.39 Å². The molecule has 0 aliphatic carbocycles. The number of para-hydroxylation sites is 1. The van der Waals surface area contributed by atoms with Gasteiger partial charge < -0.3 is 10.1 Å². The number of rotatable bonds is 4. The molecule has 0 unspecified atom stereocenters. The smallest absolute Gasteiger partial charge is 0.247 e. The van der Waals surface area contributed by atoms with Crippen molar-refractivity contribution in [2.45, 2.75) is 24.1 Å². The average molecular weight is 431 g/mol. The van der Waals surface area contributed by atoms with Gasteiger partial charge in [-0.3, -0.25) is 0 Å². The zero-order chi connectivity index (χ0) is 21.2. The minimum Gasteiger partial charge on any atom is -0.448 e. The lowest BCUT2D eigenvalue weighted by atomic mass is 10.1. The highest BCUT2D eigenvalue weighted by atomic mass is 32.2. The molecule has 154 valence electrons. The molecule has 4 aromatic rings. The molecular formula is C24H19FN4OS. The van der Waals surface area contributed by atoms with Crippen molar-refractivity contribution in [3.8, 4) is 17.1 Å². The third kappa shape index (κ3) is 4.09. The van der Waals surface area contributed by atoms with E-state index >= 15 is 0 Å². The summed E-state index contributed by atoms with van der Waals surface area (Å²) in [6.45, 7) is 2.05. The highest BCUT2D eigenvalue weighted by Gasteiger charge is 2.26. The van der Waals surface area contributed by atoms with Crippen LogP contribution in [0.4, 0.5) is 10.1 Å². The third-order valence-electron chi connectivity index (χ3n) is 5.03. The molecular weight excluding hydrogens is 411 g/mol. The minimum absolute atomic E-state index is 0.244. The van der Waals surface area contributed by atoms with Gasteiger partial charge in [-0.05, 0) is 24.6 Å². The van der Waals surface area contributed by atoms with Gasteiger partial charge in [0.25, 0.3) is 0 Å². The van der Waals surface area contributed by atoms with Crippen molar-refractivity contribution >= 4 is 17.4 Å². The molecule has 1 atom stereocenters. The summed E-state index contributed by atoms with van der Waals surface area (Å²) in [4.78, 5) is 4.61. The number of thioether (sulfide) groups is 1. The molecule has 0 saturated carbocycles. The molecule has 0 spiro atoms. The molecule has 7 heteroatoms. The van der Waals surface area contributed by atoms with Crippen molar-refractivity contribution in [1.29, 1.82) is 0 Å². The van der Waals surface area contributed by atoms with Crippen LogP contribution in [0.25, 0.3) is 11.3 Å². The standard InChI is InChI=1S/C24H19FN4OS/c1-15-10-12-16(13-11-15)22-26-20-9-5-3-7-18(20)21-23(30-22)27-24(29-28-21)31-14-17-6-2-4-8-19(17)25/h2-13,22,26H,14H2,1H3/t22-/m0/s1. The maximum atomic E-state index is 13.9. The molecule has 1 aromatic heterocycles. The first-order valence-electron chi connectivity index (χ1n) is 9.87. The second-order valence-corrected chi connectivity index (χ2v) is 8.17. The first kappa shape index (κ1) is 19.5. The van der Waals surface area contributed by atoms with Gasteiger partial charge in [-0.2, -0.15) is 4.98 Å². The lowest BCUT2D eigenvalue weighted by molar-refractivity contribution is 0.225. The van der Waals surface area contributed by atoms with Gasteiger partial charge in [0.05, 0.1) is 0 Å². The second-order valence-electron chi connectivity index (χ2n) is 7.23. The van der Waals surface area contributed by atoms with Crippen molar-refractivity contribution in [2.75, 3.05) is 5.32 Å². The number of halogens is 1. The van der Waals surface area contributed by atoms with Crippen LogP contribution < -0.4 is 10.1 Å². The van der Waals surface area contributed by atoms with Crippen LogP contribution in [0.5, 0.6) is 5.88 Å². The molecule has 1 aliphatic heterocycles. The van der Waals surface area contributed by atoms with Gasteiger partial charge in [0.1, 0.15) is 5.82 Å². The number of anilines is 1. The van der Waals surface area contributed by atoms with Gasteiger partial charge >= 0.3 is 0 Å². The largest absolute Gasteiger partial charge is 0.448 e. The van der Waals surface area contributed by atoms with E-state index in [-0.39, 0.29) is 5.82 Å². The number of hydrogen-bond acceptors (Lipinski definition) is 6. The highest BCUT2D eigenvalue weighted by Crippen LogP contribution is 2.39. The summed E-state index contributed by atoms with van der Waals surface area (Å²) in [6.07, 6.45) is -0.427. The van der Waals surface area contributed by atoms with E-state index < -0.39 is 6.23 Å². The number of fused-ring (bicyclic) bond motifs is 3. The van der Waals surface area contributed by atoms with E-state index in [1.165, 1.54) is 23.4 Å². The SMILES string of the molecule is Cc1ccc([C@H]2Nc3ccccc3-c3nnc(SCc4ccccc4F)nc3O2)cc1. The Morgan fingerprint density at radius 1 is 0.968 bits per heavy atom. The molecule has 0 amide bonds. The topological polar surface area (TPSA) is 59.9 Å². The fraction of sp³-hybridized carbons (Fsp3) is 0.125. The van der Waals surface area contributed by atoms with Gasteiger partial charge in [-0.15, -0.1) is 10.2 Å². The number of hydrogen-bond donors (Lipinski definition) is 1. The fourth-order valence-corrected chi connectivity index (χ4v) is 4.12. The Hall–Kier alpha value is -3.45. The van der Waals surface area contributed by atoms with E-state index in [2.05, 4.69) is 20.5 Å². The van der Waals surface area contributed by atoms with Gasteiger partial charge in [0.15, 0.2) is 11.9 Å². The monoisotopic (exact) mass is 430 g/mol. The lowest BCUT2D eigenvalue weighted by Gasteiger charge is -2.19. The number of benzene rings is 3. The fourth-order valence-electron chi connectivity index (χ4n) is 3.36. The first-order valence-corrected chi connectivity index (χ1v) is 10.9. The summed E-state index contributed by atoms with van der Waals surface area (Å²) in [5.74, 6) is 0.559. The third-order valence-corrected chi connectivity index (χ3v) is 5.91. The maximum Gasteiger partial charge on any atom is 0.247 e. The average Bonchev–Trinajstić information content (AvgIpc) is 2.95. The van der Waals surface area contributed by atoms with E-state index in [1.54, 1.807) is 12.1 Å². The molecule has 0 bridgehead atoms. The van der Waals surface area contributed by atoms with Gasteiger partial charge in [-0.25, -0.2) is 4.39 Å². The zero-order valence-electron chi connectivity index (χ0n) is 16.7. The molecule has 2 heterocycles. The number of aromatic nitrogens is 3. The maximum absolute atomic E-state index is 13.9. The number of ether oxygens (including phenoxy) is 1. The van der Waals surface area contributed by atoms with E-state index in [0.717, 1.165) is 16.8 Å². The predicted molar refractivity (Wildman–Crippen MR) is 119 cm³/mol. The molecule has 1 aliphatic rings. The highest BCUT2D eigenvalue weighted by molar-refractivity contribution is 7.98. The summed E-state index contributed by atoms with van der Waals surface area (Å²) < 4.78 is 20.2. The van der Waals surface area contributed by atoms with Crippen LogP contribution in [0.1, 0.15) is 22.9 Å². The van der Waals surface area contributed by atoms with Crippen molar-refractivity contribution in [3.05, 3.63) is 95.3 Å². The van der Waals surface area contributed by atoms with E-state index in [1.807, 2.05) is 61.5 Å². The van der Waals surface area contributed by atoms with Crippen LogP contribution in [-0.2, 0) is 5.75 Å². The Morgan fingerprint density at radius 2 is 1.74 bits per heavy atom. The Balaban J connectivity index is 1.49. The lowest BCUT2D eigenvalue weighted by Crippen LogP contribution is -2.17. The van der Waals surface area contributed by atoms with Gasteiger partial charge in [0, 0.05) is 22.6 Å². The normalized spacial score (nSPS) is 14.6. The molecule has 0 saturated heterocycles. The van der Waals surface area contributed by atoms with Gasteiger partial charge in [0.2, 0.25) is 11.0 Å². The van der Waals surface area contributed by atoms with Crippen LogP contribution in [-0.4, -0.2) is 15.2 Å². The molecule has 3 aromatic carbocycles. The first-order chi connectivity index (χ1) is 15.2. The van der Waals surface area contributed by atoms with Gasteiger partial charge in [-0.1, -0.05) is 78.0 Å². The van der Waals surface area contributed by atoms with Crippen molar-refractivity contribution in [2.24, 2.45) is 0 Å². The van der Waals surface area contributed by atoms with E-state index in [4.69, 9.17) is 4.74 Å². The number of nitrogens with one attached hydrogen (secondary N) is 1. The second kappa shape index (κ2) is 8.35. The van der Waals surface area contributed by atoms with Crippen LogP contribution >= 0.6 is 11.8 Å². The summed E-state index contributed by atoms with van der Waals surface area (Å²) in [7, 11) is 0.